The lowest BCUT2D eigenvalue weighted by Crippen LogP contribution is -2.17. The summed E-state index contributed by atoms with van der Waals surface area (Å²) in [5.74, 6) is -0.196. The van der Waals surface area contributed by atoms with Crippen LogP contribution in [0.25, 0.3) is 0 Å². The second kappa shape index (κ2) is 3.75. The van der Waals surface area contributed by atoms with Crippen molar-refractivity contribution in [3.63, 3.8) is 0 Å². The van der Waals surface area contributed by atoms with E-state index in [1.54, 1.807) is 6.20 Å². The summed E-state index contributed by atoms with van der Waals surface area (Å²) in [4.78, 5) is 15.1. The normalized spacial score (nSPS) is 21.0. The molecule has 2 rings (SSSR count). The maximum Gasteiger partial charge on any atom is 0.267 e. The molecule has 1 fully saturated rings. The van der Waals surface area contributed by atoms with E-state index in [-0.39, 0.29) is 5.92 Å². The summed E-state index contributed by atoms with van der Waals surface area (Å²) in [6, 6.07) is 3.71. The van der Waals surface area contributed by atoms with Crippen molar-refractivity contribution in [3.8, 4) is 0 Å². The van der Waals surface area contributed by atoms with Crippen molar-refractivity contribution < 1.29 is 9.53 Å². The third-order valence-electron chi connectivity index (χ3n) is 2.44. The summed E-state index contributed by atoms with van der Waals surface area (Å²) in [7, 11) is 0. The lowest BCUT2D eigenvalue weighted by Gasteiger charge is -2.10. The molecule has 0 saturated carbocycles. The molecule has 0 spiro atoms. The van der Waals surface area contributed by atoms with Crippen LogP contribution in [0.3, 0.4) is 0 Å². The molecule has 1 aliphatic heterocycles. The van der Waals surface area contributed by atoms with Crippen molar-refractivity contribution in [1.82, 2.24) is 4.98 Å². The molecule has 74 valence electrons. The number of pyridine rings is 1. The van der Waals surface area contributed by atoms with E-state index in [2.05, 4.69) is 4.98 Å². The lowest BCUT2D eigenvalue weighted by atomic mass is 9.97. The number of primary amides is 1. The maximum atomic E-state index is 11.1. The number of hydrogen-bond acceptors (Lipinski definition) is 3. The van der Waals surface area contributed by atoms with Gasteiger partial charge in [-0.25, -0.2) is 0 Å². The van der Waals surface area contributed by atoms with E-state index in [1.807, 2.05) is 12.1 Å². The van der Waals surface area contributed by atoms with Crippen molar-refractivity contribution in [2.45, 2.75) is 12.3 Å². The Bertz CT molecular complexity index is 346. The SMILES string of the molecule is NC(=O)c1ncccc1[C@@H]1CCOC1. The molecule has 1 saturated heterocycles. The minimum atomic E-state index is -0.465. The molecule has 0 radical (unpaired) electrons. The minimum absolute atomic E-state index is 0.270. The highest BCUT2D eigenvalue weighted by Gasteiger charge is 2.22. The largest absolute Gasteiger partial charge is 0.381 e. The van der Waals surface area contributed by atoms with Crippen molar-refractivity contribution in [2.75, 3.05) is 13.2 Å². The first-order valence-electron chi connectivity index (χ1n) is 4.61. The minimum Gasteiger partial charge on any atom is -0.381 e. The van der Waals surface area contributed by atoms with Crippen LogP contribution in [0.4, 0.5) is 0 Å². The van der Waals surface area contributed by atoms with Gasteiger partial charge in [0.2, 0.25) is 0 Å². The highest BCUT2D eigenvalue weighted by atomic mass is 16.5. The van der Waals surface area contributed by atoms with Crippen LogP contribution in [0.2, 0.25) is 0 Å². The molecule has 1 aliphatic rings. The van der Waals surface area contributed by atoms with Crippen LogP contribution in [0.15, 0.2) is 18.3 Å². The first kappa shape index (κ1) is 9.15. The molecule has 0 aromatic carbocycles. The fourth-order valence-corrected chi connectivity index (χ4v) is 1.73. The van der Waals surface area contributed by atoms with E-state index >= 15 is 0 Å². The molecule has 1 amide bonds. The van der Waals surface area contributed by atoms with Crippen LogP contribution in [-0.4, -0.2) is 24.1 Å². The number of carbonyl (C=O) groups excluding carboxylic acids is 1. The Morgan fingerprint density at radius 3 is 3.14 bits per heavy atom. The molecular weight excluding hydrogens is 180 g/mol. The number of nitrogens with zero attached hydrogens (tertiary/aromatic N) is 1. The second-order valence-electron chi connectivity index (χ2n) is 3.37. The van der Waals surface area contributed by atoms with Crippen LogP contribution in [0.1, 0.15) is 28.4 Å². The highest BCUT2D eigenvalue weighted by Crippen LogP contribution is 2.26. The average molecular weight is 192 g/mol. The van der Waals surface area contributed by atoms with Gasteiger partial charge in [0.25, 0.3) is 5.91 Å². The Hall–Kier alpha value is -1.42. The molecule has 14 heavy (non-hydrogen) atoms. The molecular formula is C10H12N2O2. The molecule has 0 aliphatic carbocycles. The van der Waals surface area contributed by atoms with Gasteiger partial charge in [-0.15, -0.1) is 0 Å². The first-order valence-corrected chi connectivity index (χ1v) is 4.61. The Labute approximate surface area is 82.1 Å². The van der Waals surface area contributed by atoms with E-state index in [9.17, 15) is 4.79 Å². The lowest BCUT2D eigenvalue weighted by molar-refractivity contribution is 0.0994. The Morgan fingerprint density at radius 2 is 2.50 bits per heavy atom. The van der Waals surface area contributed by atoms with Crippen molar-refractivity contribution >= 4 is 5.91 Å². The topological polar surface area (TPSA) is 65.2 Å². The van der Waals surface area contributed by atoms with Gasteiger partial charge < -0.3 is 10.5 Å². The van der Waals surface area contributed by atoms with Crippen molar-refractivity contribution in [3.05, 3.63) is 29.6 Å². The van der Waals surface area contributed by atoms with Gasteiger partial charge in [-0.3, -0.25) is 9.78 Å². The summed E-state index contributed by atoms with van der Waals surface area (Å²) in [6.07, 6.45) is 2.52. The van der Waals surface area contributed by atoms with Crippen LogP contribution in [0, 0.1) is 0 Å². The Morgan fingerprint density at radius 1 is 1.64 bits per heavy atom. The quantitative estimate of drug-likeness (QED) is 0.749. The Balaban J connectivity index is 2.35. The molecule has 2 N–H and O–H groups in total. The van der Waals surface area contributed by atoms with E-state index in [0.29, 0.717) is 12.3 Å². The zero-order valence-electron chi connectivity index (χ0n) is 7.77. The van der Waals surface area contributed by atoms with E-state index < -0.39 is 5.91 Å². The maximum absolute atomic E-state index is 11.1. The zero-order valence-corrected chi connectivity index (χ0v) is 7.77. The molecule has 1 aromatic heterocycles. The van der Waals surface area contributed by atoms with Gasteiger partial charge in [-0.2, -0.15) is 0 Å². The van der Waals surface area contributed by atoms with Crippen LogP contribution < -0.4 is 5.73 Å². The fraction of sp³-hybridized carbons (Fsp3) is 0.400. The summed E-state index contributed by atoms with van der Waals surface area (Å²) in [6.45, 7) is 1.41. The van der Waals surface area contributed by atoms with Gasteiger partial charge >= 0.3 is 0 Å². The molecule has 1 atom stereocenters. The smallest absolute Gasteiger partial charge is 0.267 e. The predicted molar refractivity (Wildman–Crippen MR) is 50.9 cm³/mol. The predicted octanol–water partition coefficient (Wildman–Crippen LogP) is 0.684. The van der Waals surface area contributed by atoms with Crippen molar-refractivity contribution in [2.24, 2.45) is 5.73 Å². The molecule has 4 heteroatoms. The van der Waals surface area contributed by atoms with Crippen LogP contribution in [0.5, 0.6) is 0 Å². The van der Waals surface area contributed by atoms with Gasteiger partial charge in [0.15, 0.2) is 0 Å². The highest BCUT2D eigenvalue weighted by molar-refractivity contribution is 5.92. The van der Waals surface area contributed by atoms with Gasteiger partial charge in [-0.05, 0) is 18.1 Å². The summed E-state index contributed by atoms with van der Waals surface area (Å²) in [5, 5.41) is 0. The summed E-state index contributed by atoms with van der Waals surface area (Å²) in [5.41, 5.74) is 6.53. The van der Waals surface area contributed by atoms with E-state index in [1.165, 1.54) is 0 Å². The molecule has 0 bridgehead atoms. The number of amides is 1. The fourth-order valence-electron chi connectivity index (χ4n) is 1.73. The molecule has 4 nitrogen and oxygen atoms in total. The van der Waals surface area contributed by atoms with Gasteiger partial charge in [-0.1, -0.05) is 6.07 Å². The standard InChI is InChI=1S/C10H12N2O2/c11-10(13)9-8(2-1-4-12-9)7-3-5-14-6-7/h1-2,4,7H,3,5-6H2,(H2,11,13)/t7-/m1/s1. The first-order chi connectivity index (χ1) is 6.79. The third-order valence-corrected chi connectivity index (χ3v) is 2.44. The Kier molecular flexibility index (Phi) is 2.45. The third kappa shape index (κ3) is 1.61. The molecule has 1 aromatic rings. The van der Waals surface area contributed by atoms with Crippen molar-refractivity contribution in [1.29, 1.82) is 0 Å². The average Bonchev–Trinajstić information content (AvgIpc) is 2.70. The van der Waals surface area contributed by atoms with Crippen LogP contribution in [-0.2, 0) is 4.74 Å². The van der Waals surface area contributed by atoms with E-state index in [4.69, 9.17) is 10.5 Å². The molecule has 2 heterocycles. The second-order valence-corrected chi connectivity index (χ2v) is 3.37. The van der Waals surface area contributed by atoms with Gasteiger partial charge in [0.05, 0.1) is 6.61 Å². The number of aromatic nitrogens is 1. The summed E-state index contributed by atoms with van der Waals surface area (Å²) < 4.78 is 5.27. The van der Waals surface area contributed by atoms with Gasteiger partial charge in [0.1, 0.15) is 5.69 Å². The van der Waals surface area contributed by atoms with Crippen LogP contribution >= 0.6 is 0 Å². The van der Waals surface area contributed by atoms with Gasteiger partial charge in [0, 0.05) is 18.7 Å². The number of hydrogen-bond donors (Lipinski definition) is 1. The number of nitrogens with two attached hydrogens (primary N) is 1. The zero-order chi connectivity index (χ0) is 9.97. The molecule has 0 unspecified atom stereocenters. The number of carbonyl (C=O) groups is 1. The number of ether oxygens (including phenoxy) is 1. The van der Waals surface area contributed by atoms with E-state index in [0.717, 1.165) is 18.6 Å². The number of rotatable bonds is 2. The summed E-state index contributed by atoms with van der Waals surface area (Å²) >= 11 is 0. The monoisotopic (exact) mass is 192 g/mol.